The number of carbonyl (C=O) groups is 2. The Labute approximate surface area is 262 Å². The van der Waals surface area contributed by atoms with Crippen molar-refractivity contribution >= 4 is 81.9 Å². The molecule has 0 aliphatic rings. The predicted molar refractivity (Wildman–Crippen MR) is 161 cm³/mol. The molecule has 4 aromatic rings. The van der Waals surface area contributed by atoms with Crippen molar-refractivity contribution in [3.05, 3.63) is 48.6 Å². The highest BCUT2D eigenvalue weighted by molar-refractivity contribution is 7.94. The highest BCUT2D eigenvalue weighted by Gasteiger charge is 2.27. The summed E-state index contributed by atoms with van der Waals surface area (Å²) >= 11 is 0.350. The molecule has 0 saturated carbocycles. The van der Waals surface area contributed by atoms with Crippen LogP contribution in [0.4, 0.5) is 5.69 Å². The molecular weight excluding hydrogens is 651 g/mol. The molecule has 1 atom stereocenters. The minimum absolute atomic E-state index is 0.0149. The molecule has 0 radical (unpaired) electrons. The smallest absolute Gasteiger partial charge is 0.241 e. The predicted octanol–water partition coefficient (Wildman–Crippen LogP) is 0.993. The Morgan fingerprint density at radius 2 is 1.60 bits per heavy atom. The normalized spacial score (nSPS) is 13.1. The van der Waals surface area contributed by atoms with Crippen LogP contribution in [-0.4, -0.2) is 52.3 Å². The lowest BCUT2D eigenvalue weighted by Crippen LogP contribution is -2.47. The monoisotopic (exact) mass is 678 g/mol. The molecule has 0 spiro atoms. The molecule has 0 fully saturated rings. The van der Waals surface area contributed by atoms with Gasteiger partial charge in [0, 0.05) is 45.1 Å². The standard InChI is InChI=1S/C28H31N3O11S3/c1-15(2)22(32)10-12-30-11-4-3-5-21(28(33)34)31-44(36,37)24-13-20(29)16-6-8-19-25(45(38,39)40)14-23(43-42-41-35)17-7-9-18(24)26(16)27(17)19/h6-9,13-14,21,30-31,35H,1,3-5,10-12,29H2,2H3,(H,33,34)(H,38,39,40)/p-3. The van der Waals surface area contributed by atoms with Crippen LogP contribution >= 0.6 is 12.0 Å². The van der Waals surface area contributed by atoms with Crippen molar-refractivity contribution < 1.29 is 50.7 Å². The van der Waals surface area contributed by atoms with Crippen LogP contribution < -0.4 is 26.1 Å². The van der Waals surface area contributed by atoms with Crippen molar-refractivity contribution in [3.8, 4) is 0 Å². The van der Waals surface area contributed by atoms with Gasteiger partial charge >= 0.3 is 0 Å². The van der Waals surface area contributed by atoms with E-state index in [4.69, 9.17) is 5.73 Å². The first-order valence-electron chi connectivity index (χ1n) is 13.4. The minimum Gasteiger partial charge on any atom is -0.744 e. The number of allylic oxidation sites excluding steroid dienone is 1. The molecular formula is C28H28N3O11S3-3. The van der Waals surface area contributed by atoms with Crippen LogP contribution in [0.1, 0.15) is 32.6 Å². The molecule has 1 unspecified atom stereocenters. The maximum atomic E-state index is 13.6. The number of hydrogen-bond acceptors (Lipinski definition) is 14. The lowest BCUT2D eigenvalue weighted by molar-refractivity contribution is -0.777. The number of benzene rings is 4. The molecule has 45 heavy (non-hydrogen) atoms. The van der Waals surface area contributed by atoms with Gasteiger partial charge < -0.3 is 30.8 Å². The molecule has 0 saturated heterocycles. The van der Waals surface area contributed by atoms with E-state index in [1.807, 2.05) is 0 Å². The number of unbranched alkanes of at least 4 members (excludes halogenated alkanes) is 1. The molecule has 14 nitrogen and oxygen atoms in total. The third-order valence-electron chi connectivity index (χ3n) is 7.21. The van der Waals surface area contributed by atoms with Gasteiger partial charge in [0.15, 0.2) is 5.78 Å². The molecule has 4 rings (SSSR count). The van der Waals surface area contributed by atoms with Crippen molar-refractivity contribution in [1.82, 2.24) is 10.0 Å². The first kappa shape index (κ1) is 34.5. The van der Waals surface area contributed by atoms with Crippen molar-refractivity contribution in [1.29, 1.82) is 0 Å². The molecule has 242 valence electrons. The quantitative estimate of drug-likeness (QED) is 0.0206. The number of rotatable bonds is 17. The van der Waals surface area contributed by atoms with Crippen molar-refractivity contribution in [3.63, 3.8) is 0 Å². The maximum absolute atomic E-state index is 13.6. The van der Waals surface area contributed by atoms with Gasteiger partial charge in [-0.2, -0.15) is 4.33 Å². The fourth-order valence-electron chi connectivity index (χ4n) is 5.09. The minimum atomic E-state index is -5.07. The zero-order valence-electron chi connectivity index (χ0n) is 23.8. The van der Waals surface area contributed by atoms with Gasteiger partial charge in [-0.15, -0.1) is 0 Å². The molecule has 0 amide bonds. The molecule has 4 N–H and O–H groups in total. The summed E-state index contributed by atoms with van der Waals surface area (Å²) in [6.07, 6.45) is 0.980. The summed E-state index contributed by atoms with van der Waals surface area (Å²) in [5.41, 5.74) is 6.67. The first-order valence-corrected chi connectivity index (χ1v) is 17.1. The topological polar surface area (TPSA) is 240 Å². The largest absolute Gasteiger partial charge is 0.744 e. The Morgan fingerprint density at radius 3 is 2.22 bits per heavy atom. The molecule has 4 aromatic carbocycles. The summed E-state index contributed by atoms with van der Waals surface area (Å²) in [6.45, 7) is 6.09. The Morgan fingerprint density at radius 1 is 0.978 bits per heavy atom. The first-order chi connectivity index (χ1) is 21.2. The third-order valence-corrected chi connectivity index (χ3v) is 10.2. The summed E-state index contributed by atoms with van der Waals surface area (Å²) < 4.78 is 70.4. The number of carbonyl (C=O) groups excluding carboxylic acids is 2. The second-order valence-corrected chi connectivity index (χ2v) is 14.0. The summed E-state index contributed by atoms with van der Waals surface area (Å²) in [5.74, 6) is -1.71. The highest BCUT2D eigenvalue weighted by atomic mass is 32.2. The number of carboxylic acid groups (broad SMARTS) is 1. The summed E-state index contributed by atoms with van der Waals surface area (Å²) in [4.78, 5) is 22.5. The lowest BCUT2D eigenvalue weighted by atomic mass is 9.93. The van der Waals surface area contributed by atoms with Gasteiger partial charge in [0.05, 0.1) is 33.8 Å². The molecule has 0 aliphatic carbocycles. The van der Waals surface area contributed by atoms with E-state index in [0.29, 0.717) is 54.3 Å². The number of nitrogens with one attached hydrogen (secondary N) is 2. The van der Waals surface area contributed by atoms with E-state index in [1.54, 1.807) is 6.92 Å². The van der Waals surface area contributed by atoms with Crippen LogP contribution in [0.25, 0.3) is 32.3 Å². The van der Waals surface area contributed by atoms with Crippen LogP contribution in [0.15, 0.2) is 63.2 Å². The van der Waals surface area contributed by atoms with Crippen LogP contribution in [-0.2, 0) is 39.1 Å². The maximum Gasteiger partial charge on any atom is 0.241 e. The number of nitrogen functional groups attached to an aromatic ring is 1. The van der Waals surface area contributed by atoms with E-state index in [2.05, 4.69) is 26.0 Å². The lowest BCUT2D eigenvalue weighted by Gasteiger charge is -2.22. The second-order valence-electron chi connectivity index (χ2n) is 10.3. The van der Waals surface area contributed by atoms with Gasteiger partial charge in [0.1, 0.15) is 10.1 Å². The number of hydrogen-bond donors (Lipinski definition) is 3. The summed E-state index contributed by atoms with van der Waals surface area (Å²) in [5, 5.41) is 29.8. The van der Waals surface area contributed by atoms with Gasteiger partial charge in [0.2, 0.25) is 10.0 Å². The number of aliphatic carboxylic acids is 1. The van der Waals surface area contributed by atoms with E-state index in [1.165, 1.54) is 24.3 Å². The van der Waals surface area contributed by atoms with E-state index < -0.39 is 37.0 Å². The number of sulfonamides is 1. The zero-order valence-corrected chi connectivity index (χ0v) is 26.2. The number of carboxylic acids is 1. The number of nitrogens with two attached hydrogens (primary N) is 1. The van der Waals surface area contributed by atoms with Gasteiger partial charge in [-0.25, -0.2) is 21.6 Å². The van der Waals surface area contributed by atoms with E-state index in [9.17, 15) is 41.3 Å². The molecule has 0 heterocycles. The van der Waals surface area contributed by atoms with Gasteiger partial charge in [-0.3, -0.25) is 9.83 Å². The Balaban J connectivity index is 1.68. The van der Waals surface area contributed by atoms with Crippen molar-refractivity contribution in [2.24, 2.45) is 0 Å². The Hall–Kier alpha value is -3.39. The van der Waals surface area contributed by atoms with Gasteiger partial charge in [0.25, 0.3) is 0 Å². The molecule has 0 aromatic heterocycles. The second kappa shape index (κ2) is 13.9. The average molecular weight is 679 g/mol. The van der Waals surface area contributed by atoms with Crippen LogP contribution in [0, 0.1) is 0 Å². The SMILES string of the molecule is C=C(C)C(=O)CCNCCCCC(NS(=O)(=O)c1cc(N)c2ccc3c(S(=O)(=O)[O-])cc(SOO[O-])c4ccc1c2c43)C(=O)[O-]. The van der Waals surface area contributed by atoms with Crippen LogP contribution in [0.5, 0.6) is 0 Å². The zero-order chi connectivity index (χ0) is 33.1. The van der Waals surface area contributed by atoms with E-state index in [0.717, 1.165) is 12.1 Å². The number of anilines is 1. The molecule has 0 aliphatic heterocycles. The third kappa shape index (κ3) is 7.54. The molecule has 0 bridgehead atoms. The van der Waals surface area contributed by atoms with Crippen LogP contribution in [0.3, 0.4) is 0 Å². The Kier molecular flexibility index (Phi) is 10.7. The number of ketones is 1. The summed E-state index contributed by atoms with van der Waals surface area (Å²) in [7, 11) is -9.64. The van der Waals surface area contributed by atoms with Crippen LogP contribution in [0.2, 0.25) is 0 Å². The fraction of sp³-hybridized carbons (Fsp3) is 0.286. The van der Waals surface area contributed by atoms with E-state index >= 15 is 0 Å². The van der Waals surface area contributed by atoms with E-state index in [-0.39, 0.29) is 55.6 Å². The average Bonchev–Trinajstić information content (AvgIpc) is 2.97. The van der Waals surface area contributed by atoms with Gasteiger partial charge in [-0.05, 0) is 54.8 Å². The summed E-state index contributed by atoms with van der Waals surface area (Å²) in [6, 6.07) is 6.21. The molecule has 17 heteroatoms. The fourth-order valence-corrected chi connectivity index (χ4v) is 7.85. The van der Waals surface area contributed by atoms with Crippen molar-refractivity contribution in [2.45, 2.75) is 53.3 Å². The number of Topliss-reactive ketones (excluding diaryl/α,β-unsaturated/α-hetero) is 1. The Bertz CT molecular complexity index is 2000. The van der Waals surface area contributed by atoms with Crippen molar-refractivity contribution in [2.75, 3.05) is 18.8 Å². The highest BCUT2D eigenvalue weighted by Crippen LogP contribution is 2.45. The van der Waals surface area contributed by atoms with Gasteiger partial charge in [-0.1, -0.05) is 37.3 Å².